The molecule has 0 N–H and O–H groups in total. The van der Waals surface area contributed by atoms with Crippen LogP contribution in [0.25, 0.3) is 0 Å². The minimum absolute atomic E-state index is 0.516. The van der Waals surface area contributed by atoms with E-state index in [9.17, 15) is 0 Å². The van der Waals surface area contributed by atoms with Crippen molar-refractivity contribution in [2.45, 2.75) is 97.0 Å². The molecule has 0 aromatic carbocycles. The lowest BCUT2D eigenvalue weighted by Crippen LogP contribution is -2.28. The number of unbranched alkanes of at least 4 members (excludes halogenated alkanes) is 1. The van der Waals surface area contributed by atoms with Gasteiger partial charge in [-0.1, -0.05) is 70.3 Å². The zero-order valence-corrected chi connectivity index (χ0v) is 16.2. The quantitative estimate of drug-likeness (QED) is 0.410. The van der Waals surface area contributed by atoms with Crippen LogP contribution in [0.4, 0.5) is 0 Å². The number of hydrogen-bond donors (Lipinski definition) is 0. The summed E-state index contributed by atoms with van der Waals surface area (Å²) in [4.78, 5) is 0. The average Bonchev–Trinajstić information content (AvgIpc) is 2.62. The molecule has 0 aromatic heterocycles. The van der Waals surface area contributed by atoms with Gasteiger partial charge in [0, 0.05) is 0 Å². The Morgan fingerprint density at radius 2 is 1.38 bits per heavy atom. The fourth-order valence-electron chi connectivity index (χ4n) is 4.75. The van der Waals surface area contributed by atoms with Crippen molar-refractivity contribution in [3.05, 3.63) is 24.3 Å². The Kier molecular flexibility index (Phi) is 9.80. The van der Waals surface area contributed by atoms with Crippen LogP contribution >= 0.6 is 0 Å². The normalized spacial score (nSPS) is 31.9. The molecule has 1 nitrogen and oxygen atoms in total. The molecule has 2 saturated carbocycles. The zero-order valence-electron chi connectivity index (χ0n) is 16.2. The Labute approximate surface area is 150 Å². The van der Waals surface area contributed by atoms with E-state index in [4.69, 9.17) is 4.74 Å². The van der Waals surface area contributed by atoms with Crippen molar-refractivity contribution < 1.29 is 4.74 Å². The topological polar surface area (TPSA) is 9.23 Å². The van der Waals surface area contributed by atoms with Gasteiger partial charge in [0.15, 0.2) is 0 Å². The first-order valence-corrected chi connectivity index (χ1v) is 10.8. The van der Waals surface area contributed by atoms with Gasteiger partial charge < -0.3 is 4.74 Å². The van der Waals surface area contributed by atoms with Crippen LogP contribution in [0.2, 0.25) is 0 Å². The van der Waals surface area contributed by atoms with Crippen LogP contribution in [0.5, 0.6) is 0 Å². The van der Waals surface area contributed by atoms with Crippen LogP contribution < -0.4 is 0 Å². The van der Waals surface area contributed by atoms with Gasteiger partial charge in [-0.15, -0.1) is 0 Å². The van der Waals surface area contributed by atoms with Gasteiger partial charge in [0.2, 0.25) is 0 Å². The second-order valence-corrected chi connectivity index (χ2v) is 8.08. The highest BCUT2D eigenvalue weighted by atomic mass is 16.5. The van der Waals surface area contributed by atoms with Crippen molar-refractivity contribution in [3.8, 4) is 0 Å². The summed E-state index contributed by atoms with van der Waals surface area (Å²) in [6.45, 7) is 5.34. The average molecular weight is 333 g/mol. The van der Waals surface area contributed by atoms with Crippen molar-refractivity contribution >= 4 is 0 Å². The summed E-state index contributed by atoms with van der Waals surface area (Å²) in [5.41, 5.74) is 0. The Bertz CT molecular complexity index is 354. The monoisotopic (exact) mass is 332 g/mol. The van der Waals surface area contributed by atoms with E-state index in [0.29, 0.717) is 6.10 Å². The third kappa shape index (κ3) is 7.13. The van der Waals surface area contributed by atoms with E-state index in [1.165, 1.54) is 77.0 Å². The maximum Gasteiger partial charge on any atom is 0.0654 e. The van der Waals surface area contributed by atoms with Crippen molar-refractivity contribution in [2.24, 2.45) is 17.8 Å². The van der Waals surface area contributed by atoms with E-state index in [1.54, 1.807) is 0 Å². The highest BCUT2D eigenvalue weighted by Gasteiger charge is 2.30. The standard InChI is InChI=1S/C23H40O/c1-3-5-6-7-8-9-19-24-23-17-15-22(16-18-23)21-13-11-20(10-4-2)12-14-21/h6-9,20-23H,3-5,10-19H2,1-2H3/b7-6+,9-8+. The second kappa shape index (κ2) is 11.9. The molecule has 0 radical (unpaired) electrons. The van der Waals surface area contributed by atoms with E-state index in [-0.39, 0.29) is 0 Å². The molecule has 2 aliphatic carbocycles. The van der Waals surface area contributed by atoms with Gasteiger partial charge in [0.1, 0.15) is 0 Å². The summed E-state index contributed by atoms with van der Waals surface area (Å²) in [5.74, 6) is 3.08. The SMILES string of the molecule is CCC/C=C/C=C/COC1CCC(C2CCC(CCC)CC2)CC1. The number of hydrogen-bond acceptors (Lipinski definition) is 1. The highest BCUT2D eigenvalue weighted by Crippen LogP contribution is 2.41. The lowest BCUT2D eigenvalue weighted by Gasteiger charge is -2.37. The fraction of sp³-hybridized carbons (Fsp3) is 0.826. The van der Waals surface area contributed by atoms with Crippen LogP contribution in [-0.2, 0) is 4.74 Å². The third-order valence-electron chi connectivity index (χ3n) is 6.24. The third-order valence-corrected chi connectivity index (χ3v) is 6.24. The van der Waals surface area contributed by atoms with Gasteiger partial charge >= 0.3 is 0 Å². The zero-order chi connectivity index (χ0) is 17.0. The Hall–Kier alpha value is -0.560. The smallest absolute Gasteiger partial charge is 0.0654 e. The molecule has 2 fully saturated rings. The molecule has 2 rings (SSSR count). The predicted molar refractivity (Wildman–Crippen MR) is 105 cm³/mol. The van der Waals surface area contributed by atoms with E-state index >= 15 is 0 Å². The summed E-state index contributed by atoms with van der Waals surface area (Å²) in [6.07, 6.45) is 25.9. The van der Waals surface area contributed by atoms with Gasteiger partial charge in [0.05, 0.1) is 12.7 Å². The van der Waals surface area contributed by atoms with Crippen LogP contribution in [0.3, 0.4) is 0 Å². The Balaban J connectivity index is 1.57. The molecule has 0 amide bonds. The first-order valence-electron chi connectivity index (χ1n) is 10.8. The largest absolute Gasteiger partial charge is 0.374 e. The molecule has 0 unspecified atom stereocenters. The highest BCUT2D eigenvalue weighted by molar-refractivity contribution is 5.02. The summed E-state index contributed by atoms with van der Waals surface area (Å²) >= 11 is 0. The molecule has 0 aromatic rings. The molecule has 1 heteroatoms. The maximum absolute atomic E-state index is 6.05. The molecule has 0 spiro atoms. The van der Waals surface area contributed by atoms with Crippen LogP contribution in [-0.4, -0.2) is 12.7 Å². The summed E-state index contributed by atoms with van der Waals surface area (Å²) in [6, 6.07) is 0. The van der Waals surface area contributed by atoms with Gasteiger partial charge in [-0.05, 0) is 62.7 Å². The molecule has 138 valence electrons. The van der Waals surface area contributed by atoms with Crippen molar-refractivity contribution in [2.75, 3.05) is 6.61 Å². The van der Waals surface area contributed by atoms with Crippen LogP contribution in [0.1, 0.15) is 90.9 Å². The van der Waals surface area contributed by atoms with Gasteiger partial charge in [-0.3, -0.25) is 0 Å². The Morgan fingerprint density at radius 1 is 0.750 bits per heavy atom. The summed E-state index contributed by atoms with van der Waals surface area (Å²) < 4.78 is 6.05. The molecule has 0 atom stereocenters. The number of rotatable bonds is 9. The summed E-state index contributed by atoms with van der Waals surface area (Å²) in [7, 11) is 0. The second-order valence-electron chi connectivity index (χ2n) is 8.08. The van der Waals surface area contributed by atoms with Gasteiger partial charge in [-0.2, -0.15) is 0 Å². The maximum atomic E-state index is 6.05. The molecule has 0 saturated heterocycles. The molecule has 0 heterocycles. The van der Waals surface area contributed by atoms with Gasteiger partial charge in [0.25, 0.3) is 0 Å². The molecule has 2 aliphatic rings. The first-order chi connectivity index (χ1) is 11.8. The molecule has 0 aliphatic heterocycles. The lowest BCUT2D eigenvalue weighted by atomic mass is 9.70. The minimum atomic E-state index is 0.516. The Morgan fingerprint density at radius 3 is 2.00 bits per heavy atom. The van der Waals surface area contributed by atoms with Crippen LogP contribution in [0, 0.1) is 17.8 Å². The lowest BCUT2D eigenvalue weighted by molar-refractivity contribution is 0.0210. The first kappa shape index (κ1) is 19.8. The molecular weight excluding hydrogens is 292 g/mol. The summed E-state index contributed by atoms with van der Waals surface area (Å²) in [5, 5.41) is 0. The minimum Gasteiger partial charge on any atom is -0.374 e. The van der Waals surface area contributed by atoms with Gasteiger partial charge in [-0.25, -0.2) is 0 Å². The fourth-order valence-corrected chi connectivity index (χ4v) is 4.75. The molecule has 0 bridgehead atoms. The number of allylic oxidation sites excluding steroid dienone is 3. The van der Waals surface area contributed by atoms with E-state index < -0.39 is 0 Å². The van der Waals surface area contributed by atoms with Crippen molar-refractivity contribution in [1.29, 1.82) is 0 Å². The van der Waals surface area contributed by atoms with Crippen molar-refractivity contribution in [3.63, 3.8) is 0 Å². The van der Waals surface area contributed by atoms with Crippen LogP contribution in [0.15, 0.2) is 24.3 Å². The van der Waals surface area contributed by atoms with E-state index in [0.717, 1.165) is 24.4 Å². The van der Waals surface area contributed by atoms with Crippen molar-refractivity contribution in [1.82, 2.24) is 0 Å². The number of ether oxygens (including phenoxy) is 1. The molecule has 24 heavy (non-hydrogen) atoms. The predicted octanol–water partition coefficient (Wildman–Crippen LogP) is 7.08. The van der Waals surface area contributed by atoms with E-state index in [2.05, 4.69) is 38.2 Å². The van der Waals surface area contributed by atoms with E-state index in [1.807, 2.05) is 0 Å². The molecular formula is C23H40O.